The van der Waals surface area contributed by atoms with E-state index in [4.69, 9.17) is 9.47 Å². The zero-order valence-electron chi connectivity index (χ0n) is 16.0. The highest BCUT2D eigenvalue weighted by Gasteiger charge is 2.45. The summed E-state index contributed by atoms with van der Waals surface area (Å²) in [5.41, 5.74) is 0.410. The quantitative estimate of drug-likeness (QED) is 0.757. The number of carbonyl (C=O) groups is 2. The number of anilines is 1. The van der Waals surface area contributed by atoms with Gasteiger partial charge in [0.1, 0.15) is 11.6 Å². The molecule has 0 bridgehead atoms. The van der Waals surface area contributed by atoms with Gasteiger partial charge < -0.3 is 14.8 Å². The lowest BCUT2D eigenvalue weighted by Crippen LogP contribution is -2.39. The fraction of sp³-hybridized carbons (Fsp3) is 0.364. The molecule has 28 heavy (non-hydrogen) atoms. The Bertz CT molecular complexity index is 844. The number of halogens is 1. The summed E-state index contributed by atoms with van der Waals surface area (Å²) in [6, 6.07) is 13.0. The number of hydrogen-bond donors (Lipinski definition) is 1. The average molecular weight is 385 g/mol. The Labute approximate surface area is 163 Å². The Morgan fingerprint density at radius 1 is 1.07 bits per heavy atom. The molecule has 0 heterocycles. The van der Waals surface area contributed by atoms with E-state index in [9.17, 15) is 14.0 Å². The highest BCUT2D eigenvalue weighted by atomic mass is 19.1. The predicted molar refractivity (Wildman–Crippen MR) is 104 cm³/mol. The minimum absolute atomic E-state index is 0.352. The van der Waals surface area contributed by atoms with Gasteiger partial charge in [0.15, 0.2) is 6.10 Å². The summed E-state index contributed by atoms with van der Waals surface area (Å²) in [6.45, 7) is 1.54. The third-order valence-corrected chi connectivity index (χ3v) is 5.26. The lowest BCUT2D eigenvalue weighted by molar-refractivity contribution is -0.159. The van der Waals surface area contributed by atoms with Crippen molar-refractivity contribution in [3.05, 3.63) is 59.9 Å². The van der Waals surface area contributed by atoms with Gasteiger partial charge in [0, 0.05) is 0 Å². The van der Waals surface area contributed by atoms with Crippen LogP contribution in [0.1, 0.15) is 38.2 Å². The van der Waals surface area contributed by atoms with Crippen LogP contribution in [-0.2, 0) is 19.7 Å². The molecule has 0 unspecified atom stereocenters. The van der Waals surface area contributed by atoms with Gasteiger partial charge in [-0.2, -0.15) is 0 Å². The second-order valence-corrected chi connectivity index (χ2v) is 7.03. The fourth-order valence-electron chi connectivity index (χ4n) is 3.67. The molecule has 0 spiro atoms. The Hall–Kier alpha value is -2.89. The van der Waals surface area contributed by atoms with Crippen molar-refractivity contribution in [3.63, 3.8) is 0 Å². The van der Waals surface area contributed by atoms with Gasteiger partial charge in [-0.25, -0.2) is 4.39 Å². The second kappa shape index (κ2) is 8.42. The SMILES string of the molecule is COc1ccccc1NC(=O)[C@@H](C)OC(=O)C1(c2ccc(F)cc2)CCCC1. The molecule has 1 atom stereocenters. The molecule has 3 rings (SSSR count). The molecule has 148 valence electrons. The van der Waals surface area contributed by atoms with Crippen LogP contribution in [0.15, 0.2) is 48.5 Å². The monoisotopic (exact) mass is 385 g/mol. The van der Waals surface area contributed by atoms with Crippen LogP contribution in [-0.4, -0.2) is 25.1 Å². The van der Waals surface area contributed by atoms with Crippen LogP contribution in [0.25, 0.3) is 0 Å². The normalized spacial score (nSPS) is 16.2. The van der Waals surface area contributed by atoms with Crippen molar-refractivity contribution < 1.29 is 23.5 Å². The van der Waals surface area contributed by atoms with Gasteiger partial charge in [-0.3, -0.25) is 9.59 Å². The van der Waals surface area contributed by atoms with Crippen molar-refractivity contribution in [2.45, 2.75) is 44.1 Å². The maximum Gasteiger partial charge on any atom is 0.317 e. The van der Waals surface area contributed by atoms with Crippen molar-refractivity contribution in [1.29, 1.82) is 0 Å². The van der Waals surface area contributed by atoms with Gasteiger partial charge >= 0.3 is 5.97 Å². The Kier molecular flexibility index (Phi) is 5.97. The summed E-state index contributed by atoms with van der Waals surface area (Å²) >= 11 is 0. The van der Waals surface area contributed by atoms with Gasteiger partial charge in [-0.15, -0.1) is 0 Å². The van der Waals surface area contributed by atoms with Crippen LogP contribution in [0.2, 0.25) is 0 Å². The van der Waals surface area contributed by atoms with Gasteiger partial charge in [0.05, 0.1) is 18.2 Å². The maximum atomic E-state index is 13.3. The lowest BCUT2D eigenvalue weighted by atomic mass is 9.79. The average Bonchev–Trinajstić information content (AvgIpc) is 3.20. The first kappa shape index (κ1) is 19.9. The number of para-hydroxylation sites is 2. The van der Waals surface area contributed by atoms with Crippen molar-refractivity contribution >= 4 is 17.6 Å². The molecule has 0 radical (unpaired) electrons. The van der Waals surface area contributed by atoms with E-state index in [2.05, 4.69) is 5.32 Å². The van der Waals surface area contributed by atoms with Crippen LogP contribution >= 0.6 is 0 Å². The molecule has 1 fully saturated rings. The maximum absolute atomic E-state index is 13.3. The zero-order valence-corrected chi connectivity index (χ0v) is 16.0. The number of ether oxygens (including phenoxy) is 2. The third-order valence-electron chi connectivity index (χ3n) is 5.26. The van der Waals surface area contributed by atoms with E-state index in [0.29, 0.717) is 24.3 Å². The summed E-state index contributed by atoms with van der Waals surface area (Å²) in [5, 5.41) is 2.73. The molecule has 1 N–H and O–H groups in total. The van der Waals surface area contributed by atoms with Crippen molar-refractivity contribution in [2.75, 3.05) is 12.4 Å². The first-order valence-electron chi connectivity index (χ1n) is 9.37. The molecule has 1 aliphatic carbocycles. The molecule has 0 saturated heterocycles. The molecule has 5 nitrogen and oxygen atoms in total. The fourth-order valence-corrected chi connectivity index (χ4v) is 3.67. The van der Waals surface area contributed by atoms with E-state index < -0.39 is 23.4 Å². The van der Waals surface area contributed by atoms with Gasteiger partial charge in [0.2, 0.25) is 0 Å². The summed E-state index contributed by atoms with van der Waals surface area (Å²) in [4.78, 5) is 25.5. The van der Waals surface area contributed by atoms with Gasteiger partial charge in [-0.05, 0) is 49.6 Å². The minimum atomic E-state index is -0.977. The number of methoxy groups -OCH3 is 1. The van der Waals surface area contributed by atoms with Crippen molar-refractivity contribution in [1.82, 2.24) is 0 Å². The molecule has 2 aromatic rings. The second-order valence-electron chi connectivity index (χ2n) is 7.03. The number of amides is 1. The lowest BCUT2D eigenvalue weighted by Gasteiger charge is -2.28. The molecule has 2 aromatic carbocycles. The van der Waals surface area contributed by atoms with E-state index in [1.807, 2.05) is 0 Å². The van der Waals surface area contributed by atoms with E-state index in [1.54, 1.807) is 36.4 Å². The minimum Gasteiger partial charge on any atom is -0.495 e. The van der Waals surface area contributed by atoms with E-state index in [0.717, 1.165) is 18.4 Å². The number of hydrogen-bond acceptors (Lipinski definition) is 4. The van der Waals surface area contributed by atoms with Crippen LogP contribution in [0.5, 0.6) is 5.75 Å². The van der Waals surface area contributed by atoms with E-state index in [1.165, 1.54) is 26.2 Å². The Morgan fingerprint density at radius 3 is 2.36 bits per heavy atom. The van der Waals surface area contributed by atoms with Gasteiger partial charge in [-0.1, -0.05) is 37.1 Å². The van der Waals surface area contributed by atoms with E-state index in [-0.39, 0.29) is 5.82 Å². The number of carbonyl (C=O) groups excluding carboxylic acids is 2. The Morgan fingerprint density at radius 2 is 1.71 bits per heavy atom. The summed E-state index contributed by atoms with van der Waals surface area (Å²) < 4.78 is 24.1. The largest absolute Gasteiger partial charge is 0.495 e. The highest BCUT2D eigenvalue weighted by Crippen LogP contribution is 2.42. The topological polar surface area (TPSA) is 64.6 Å². The van der Waals surface area contributed by atoms with Crippen LogP contribution < -0.4 is 10.1 Å². The van der Waals surface area contributed by atoms with Crippen molar-refractivity contribution in [3.8, 4) is 5.75 Å². The molecule has 1 aliphatic rings. The van der Waals surface area contributed by atoms with Crippen LogP contribution in [0.4, 0.5) is 10.1 Å². The molecule has 0 aliphatic heterocycles. The first-order valence-corrected chi connectivity index (χ1v) is 9.37. The number of benzene rings is 2. The summed E-state index contributed by atoms with van der Waals surface area (Å²) in [6.07, 6.45) is 2.04. The summed E-state index contributed by atoms with van der Waals surface area (Å²) in [5.74, 6) is -0.716. The molecule has 0 aromatic heterocycles. The highest BCUT2D eigenvalue weighted by molar-refractivity contribution is 5.97. The first-order chi connectivity index (χ1) is 13.5. The standard InChI is InChI=1S/C22H24FNO4/c1-15(20(25)24-18-7-3-4-8-19(18)27-2)28-21(26)22(13-5-6-14-22)16-9-11-17(23)12-10-16/h3-4,7-12,15H,5-6,13-14H2,1-2H3,(H,24,25)/t15-/m1/s1. The summed E-state index contributed by atoms with van der Waals surface area (Å²) in [7, 11) is 1.51. The molecule has 6 heteroatoms. The van der Waals surface area contributed by atoms with Gasteiger partial charge in [0.25, 0.3) is 5.91 Å². The zero-order chi connectivity index (χ0) is 20.1. The number of rotatable bonds is 6. The molecule has 1 saturated carbocycles. The smallest absolute Gasteiger partial charge is 0.317 e. The van der Waals surface area contributed by atoms with Crippen LogP contribution in [0, 0.1) is 5.82 Å². The third kappa shape index (κ3) is 4.01. The van der Waals surface area contributed by atoms with Crippen LogP contribution in [0.3, 0.4) is 0 Å². The molecule has 1 amide bonds. The number of esters is 1. The van der Waals surface area contributed by atoms with Crippen molar-refractivity contribution in [2.24, 2.45) is 0 Å². The number of nitrogens with one attached hydrogen (secondary N) is 1. The van der Waals surface area contributed by atoms with E-state index >= 15 is 0 Å². The predicted octanol–water partition coefficient (Wildman–Crippen LogP) is 4.22. The molecular weight excluding hydrogens is 361 g/mol. The Balaban J connectivity index is 1.73. The molecular formula is C22H24FNO4.